The standard InChI is InChI=1S/C28H22N4O4/c29-17-28(22-13-30-24-7-3-1-5-20(22)24,23-14-31-25-8-4-2-6-21(23)25)18-9-11-19(12-10-18)32(15-26(33)34)16-27(35)36/h1-14,30-31H,15-16H2,(H,33,34)(H,35,36). The number of fused-ring (bicyclic) bond motifs is 2. The number of nitriles is 1. The lowest BCUT2D eigenvalue weighted by Crippen LogP contribution is -2.34. The first-order valence-electron chi connectivity index (χ1n) is 11.3. The number of carbonyl (C=O) groups is 2. The van der Waals surface area contributed by atoms with E-state index in [0.717, 1.165) is 32.9 Å². The van der Waals surface area contributed by atoms with Gasteiger partial charge in [0.05, 0.1) is 6.07 Å². The Bertz CT molecular complexity index is 1530. The van der Waals surface area contributed by atoms with Crippen molar-refractivity contribution < 1.29 is 19.8 Å². The van der Waals surface area contributed by atoms with Crippen LogP contribution in [0.5, 0.6) is 0 Å². The molecule has 0 spiro atoms. The molecule has 0 aliphatic rings. The second-order valence-electron chi connectivity index (χ2n) is 8.55. The van der Waals surface area contributed by atoms with Gasteiger partial charge in [-0.15, -0.1) is 0 Å². The van der Waals surface area contributed by atoms with Gasteiger partial charge in [-0.2, -0.15) is 5.26 Å². The van der Waals surface area contributed by atoms with Gasteiger partial charge < -0.3 is 25.1 Å². The molecule has 8 heteroatoms. The molecule has 4 N–H and O–H groups in total. The first-order chi connectivity index (χ1) is 17.4. The Hall–Kier alpha value is -5.03. The second kappa shape index (κ2) is 8.96. The molecular formula is C28H22N4O4. The van der Waals surface area contributed by atoms with Gasteiger partial charge in [0.15, 0.2) is 0 Å². The van der Waals surface area contributed by atoms with Crippen molar-refractivity contribution in [2.45, 2.75) is 5.41 Å². The molecular weight excluding hydrogens is 456 g/mol. The highest BCUT2D eigenvalue weighted by Crippen LogP contribution is 2.45. The number of aromatic amines is 2. The van der Waals surface area contributed by atoms with Crippen LogP contribution in [0.25, 0.3) is 21.8 Å². The molecule has 0 aliphatic heterocycles. The molecule has 0 unspecified atom stereocenters. The fourth-order valence-corrected chi connectivity index (χ4v) is 4.89. The van der Waals surface area contributed by atoms with E-state index in [9.17, 15) is 25.1 Å². The molecule has 178 valence electrons. The summed E-state index contributed by atoms with van der Waals surface area (Å²) < 4.78 is 0. The van der Waals surface area contributed by atoms with Crippen molar-refractivity contribution in [1.29, 1.82) is 5.26 Å². The van der Waals surface area contributed by atoms with Crippen LogP contribution in [0, 0.1) is 11.3 Å². The fraction of sp³-hybridized carbons (Fsp3) is 0.107. The lowest BCUT2D eigenvalue weighted by atomic mass is 9.70. The number of rotatable bonds is 8. The summed E-state index contributed by atoms with van der Waals surface area (Å²) in [6, 6.07) is 25.0. The van der Waals surface area contributed by atoms with Crippen LogP contribution in [0.1, 0.15) is 16.7 Å². The van der Waals surface area contributed by atoms with Crippen LogP contribution in [0.15, 0.2) is 85.2 Å². The smallest absolute Gasteiger partial charge is 0.323 e. The predicted molar refractivity (Wildman–Crippen MR) is 136 cm³/mol. The summed E-state index contributed by atoms with van der Waals surface area (Å²) in [6.45, 7) is -0.917. The van der Waals surface area contributed by atoms with E-state index in [2.05, 4.69) is 16.0 Å². The molecule has 2 heterocycles. The van der Waals surface area contributed by atoms with Crippen LogP contribution < -0.4 is 4.90 Å². The maximum absolute atomic E-state index is 11.3. The average Bonchev–Trinajstić information content (AvgIpc) is 3.50. The number of hydrogen-bond donors (Lipinski definition) is 4. The van der Waals surface area contributed by atoms with Crippen molar-refractivity contribution in [2.24, 2.45) is 0 Å². The summed E-state index contributed by atoms with van der Waals surface area (Å²) in [4.78, 5) is 30.4. The minimum absolute atomic E-state index is 0.438. The summed E-state index contributed by atoms with van der Waals surface area (Å²) >= 11 is 0. The van der Waals surface area contributed by atoms with Crippen LogP contribution in [0.2, 0.25) is 0 Å². The van der Waals surface area contributed by atoms with E-state index in [1.807, 2.05) is 60.9 Å². The molecule has 0 saturated heterocycles. The number of para-hydroxylation sites is 2. The first kappa shape index (κ1) is 22.7. The maximum Gasteiger partial charge on any atom is 0.323 e. The SMILES string of the molecule is N#CC(c1ccc(N(CC(=O)O)CC(=O)O)cc1)(c1c[nH]c2ccccc12)c1c[nH]c2ccccc12. The van der Waals surface area contributed by atoms with Crippen LogP contribution in [-0.4, -0.2) is 45.2 Å². The van der Waals surface area contributed by atoms with E-state index < -0.39 is 30.4 Å². The molecule has 5 aromatic rings. The zero-order chi connectivity index (χ0) is 25.3. The lowest BCUT2D eigenvalue weighted by Gasteiger charge is -2.28. The average molecular weight is 479 g/mol. The van der Waals surface area contributed by atoms with Crippen molar-refractivity contribution >= 4 is 39.4 Å². The third kappa shape index (κ3) is 3.73. The highest BCUT2D eigenvalue weighted by atomic mass is 16.4. The van der Waals surface area contributed by atoms with E-state index in [1.54, 1.807) is 24.3 Å². The number of aromatic nitrogens is 2. The number of benzene rings is 3. The molecule has 3 aromatic carbocycles. The number of anilines is 1. The number of hydrogen-bond acceptors (Lipinski definition) is 4. The largest absolute Gasteiger partial charge is 0.480 e. The number of carboxylic acids is 2. The molecule has 0 amide bonds. The number of nitrogens with zero attached hydrogens (tertiary/aromatic N) is 2. The van der Waals surface area contributed by atoms with Gasteiger partial charge in [-0.05, 0) is 29.8 Å². The van der Waals surface area contributed by atoms with E-state index >= 15 is 0 Å². The van der Waals surface area contributed by atoms with Crippen molar-refractivity contribution in [1.82, 2.24) is 9.97 Å². The Balaban J connectivity index is 1.73. The van der Waals surface area contributed by atoms with Gasteiger partial charge in [0.25, 0.3) is 0 Å². The molecule has 8 nitrogen and oxygen atoms in total. The first-order valence-corrected chi connectivity index (χ1v) is 11.3. The van der Waals surface area contributed by atoms with E-state index in [0.29, 0.717) is 11.3 Å². The van der Waals surface area contributed by atoms with Gasteiger partial charge in [-0.25, -0.2) is 0 Å². The summed E-state index contributed by atoms with van der Waals surface area (Å²) in [5, 5.41) is 31.2. The van der Waals surface area contributed by atoms with Crippen molar-refractivity contribution in [2.75, 3.05) is 18.0 Å². The summed E-state index contributed by atoms with van der Waals surface area (Å²) in [7, 11) is 0. The maximum atomic E-state index is 11.3. The number of H-pyrrole nitrogens is 2. The topological polar surface area (TPSA) is 133 Å². The van der Waals surface area contributed by atoms with Crippen molar-refractivity contribution in [3.8, 4) is 6.07 Å². The molecule has 0 bridgehead atoms. The van der Waals surface area contributed by atoms with Gasteiger partial charge in [-0.1, -0.05) is 48.5 Å². The van der Waals surface area contributed by atoms with Gasteiger partial charge in [0.1, 0.15) is 18.5 Å². The molecule has 36 heavy (non-hydrogen) atoms. The monoisotopic (exact) mass is 478 g/mol. The molecule has 0 fully saturated rings. The molecule has 0 aliphatic carbocycles. The predicted octanol–water partition coefficient (Wildman–Crippen LogP) is 4.48. The minimum atomic E-state index is -1.21. The minimum Gasteiger partial charge on any atom is -0.480 e. The lowest BCUT2D eigenvalue weighted by molar-refractivity contribution is -0.136. The highest BCUT2D eigenvalue weighted by molar-refractivity contribution is 5.92. The quantitative estimate of drug-likeness (QED) is 0.260. The molecule has 0 saturated carbocycles. The summed E-state index contributed by atoms with van der Waals surface area (Å²) in [6.07, 6.45) is 3.70. The van der Waals surface area contributed by atoms with Gasteiger partial charge >= 0.3 is 11.9 Å². The van der Waals surface area contributed by atoms with Gasteiger partial charge in [0, 0.05) is 51.0 Å². The highest BCUT2D eigenvalue weighted by Gasteiger charge is 2.40. The summed E-state index contributed by atoms with van der Waals surface area (Å²) in [5.74, 6) is -2.27. The number of nitrogens with one attached hydrogen (secondary N) is 2. The second-order valence-corrected chi connectivity index (χ2v) is 8.55. The van der Waals surface area contributed by atoms with Crippen LogP contribution in [-0.2, 0) is 15.0 Å². The zero-order valence-electron chi connectivity index (χ0n) is 19.1. The normalized spacial score (nSPS) is 11.4. The molecule has 2 aromatic heterocycles. The van der Waals surface area contributed by atoms with Gasteiger partial charge in [-0.3, -0.25) is 9.59 Å². The van der Waals surface area contributed by atoms with Crippen LogP contribution in [0.3, 0.4) is 0 Å². The number of carboxylic acid groups (broad SMARTS) is 2. The zero-order valence-corrected chi connectivity index (χ0v) is 19.1. The van der Waals surface area contributed by atoms with Crippen LogP contribution in [0.4, 0.5) is 5.69 Å². The van der Waals surface area contributed by atoms with Crippen LogP contribution >= 0.6 is 0 Å². The Kier molecular flexibility index (Phi) is 5.66. The van der Waals surface area contributed by atoms with Crippen molar-refractivity contribution in [3.05, 3.63) is 102 Å². The Morgan fingerprint density at radius 3 is 1.69 bits per heavy atom. The van der Waals surface area contributed by atoms with E-state index in [1.165, 1.54) is 4.90 Å². The summed E-state index contributed by atoms with van der Waals surface area (Å²) in [5.41, 5.74) is 3.27. The fourth-order valence-electron chi connectivity index (χ4n) is 4.89. The van der Waals surface area contributed by atoms with E-state index in [4.69, 9.17) is 0 Å². The third-order valence-corrected chi connectivity index (χ3v) is 6.47. The van der Waals surface area contributed by atoms with Crippen molar-refractivity contribution in [3.63, 3.8) is 0 Å². The Labute approximate surface area is 206 Å². The van der Waals surface area contributed by atoms with E-state index in [-0.39, 0.29) is 0 Å². The molecule has 5 rings (SSSR count). The Morgan fingerprint density at radius 1 is 0.778 bits per heavy atom. The Morgan fingerprint density at radius 2 is 1.25 bits per heavy atom. The molecule has 0 radical (unpaired) electrons. The number of aliphatic carboxylic acids is 2. The molecule has 0 atom stereocenters. The third-order valence-electron chi connectivity index (χ3n) is 6.47. The van der Waals surface area contributed by atoms with Gasteiger partial charge in [0.2, 0.25) is 0 Å².